The molecule has 0 bridgehead atoms. The molecule has 0 atom stereocenters. The van der Waals surface area contributed by atoms with Crippen molar-refractivity contribution in [3.05, 3.63) is 43.4 Å². The summed E-state index contributed by atoms with van der Waals surface area (Å²) in [6.07, 6.45) is 0. The first-order chi connectivity index (χ1) is 6.59. The van der Waals surface area contributed by atoms with Crippen LogP contribution in [-0.2, 0) is 7.05 Å². The van der Waals surface area contributed by atoms with E-state index in [0.29, 0.717) is 11.0 Å². The molecule has 0 aliphatic carbocycles. The summed E-state index contributed by atoms with van der Waals surface area (Å²) in [6, 6.07) is 5.35. The maximum absolute atomic E-state index is 11.3. The van der Waals surface area contributed by atoms with Gasteiger partial charge in [0.1, 0.15) is 0 Å². The SMILES string of the molecule is Cn1c(=O)c(=O)[nH]c2cc(Br)ccc21. The maximum Gasteiger partial charge on any atom is 0.316 e. The molecule has 0 saturated carbocycles. The van der Waals surface area contributed by atoms with Gasteiger partial charge < -0.3 is 9.55 Å². The van der Waals surface area contributed by atoms with E-state index in [1.54, 1.807) is 19.2 Å². The molecule has 1 aromatic heterocycles. The quantitative estimate of drug-likeness (QED) is 0.713. The molecule has 0 radical (unpaired) electrons. The minimum Gasteiger partial charge on any atom is -0.316 e. The van der Waals surface area contributed by atoms with E-state index in [1.807, 2.05) is 6.07 Å². The molecule has 2 rings (SSSR count). The van der Waals surface area contributed by atoms with Gasteiger partial charge in [0.05, 0.1) is 11.0 Å². The summed E-state index contributed by atoms with van der Waals surface area (Å²) >= 11 is 3.29. The standard InChI is InChI=1S/C9H7BrN2O2/c1-12-7-3-2-5(10)4-6(7)11-8(13)9(12)14/h2-4H,1H3,(H,11,13). The Labute approximate surface area is 87.3 Å². The molecule has 0 unspecified atom stereocenters. The highest BCUT2D eigenvalue weighted by Crippen LogP contribution is 2.15. The number of nitrogens with zero attached hydrogens (tertiary/aromatic N) is 1. The van der Waals surface area contributed by atoms with Gasteiger partial charge in [0.25, 0.3) is 0 Å². The van der Waals surface area contributed by atoms with E-state index in [-0.39, 0.29) is 0 Å². The smallest absolute Gasteiger partial charge is 0.316 e. The molecule has 1 N–H and O–H groups in total. The lowest BCUT2D eigenvalue weighted by Crippen LogP contribution is -2.34. The number of H-pyrrole nitrogens is 1. The van der Waals surface area contributed by atoms with Gasteiger partial charge in [-0.15, -0.1) is 0 Å². The second kappa shape index (κ2) is 3.09. The molecule has 1 aromatic carbocycles. The average Bonchev–Trinajstić information content (AvgIpc) is 2.14. The second-order valence-corrected chi connectivity index (χ2v) is 3.90. The first-order valence-corrected chi connectivity index (χ1v) is 4.77. The Morgan fingerprint density at radius 3 is 2.79 bits per heavy atom. The number of aromatic amines is 1. The number of benzene rings is 1. The lowest BCUT2D eigenvalue weighted by Gasteiger charge is -2.03. The topological polar surface area (TPSA) is 54.9 Å². The van der Waals surface area contributed by atoms with Crippen LogP contribution in [0.25, 0.3) is 11.0 Å². The molecule has 72 valence electrons. The Balaban J connectivity index is 3.06. The lowest BCUT2D eigenvalue weighted by atomic mass is 10.3. The molecule has 0 fully saturated rings. The third-order valence-electron chi connectivity index (χ3n) is 2.07. The van der Waals surface area contributed by atoms with Gasteiger partial charge in [0.15, 0.2) is 0 Å². The highest BCUT2D eigenvalue weighted by atomic mass is 79.9. The zero-order valence-corrected chi connectivity index (χ0v) is 8.96. The Morgan fingerprint density at radius 1 is 1.36 bits per heavy atom. The Kier molecular flexibility index (Phi) is 2.03. The summed E-state index contributed by atoms with van der Waals surface area (Å²) in [4.78, 5) is 25.0. The number of fused-ring (bicyclic) bond motifs is 1. The van der Waals surface area contributed by atoms with Crippen LogP contribution in [-0.4, -0.2) is 9.55 Å². The van der Waals surface area contributed by atoms with Crippen molar-refractivity contribution < 1.29 is 0 Å². The molecule has 0 amide bonds. The van der Waals surface area contributed by atoms with Gasteiger partial charge in [-0.05, 0) is 18.2 Å². The van der Waals surface area contributed by atoms with Gasteiger partial charge in [0.2, 0.25) is 0 Å². The number of hydrogen-bond donors (Lipinski definition) is 1. The van der Waals surface area contributed by atoms with E-state index in [9.17, 15) is 9.59 Å². The van der Waals surface area contributed by atoms with Crippen molar-refractivity contribution in [2.45, 2.75) is 0 Å². The molecule has 0 aliphatic heterocycles. The van der Waals surface area contributed by atoms with Crippen molar-refractivity contribution in [2.24, 2.45) is 7.05 Å². The minimum absolute atomic E-state index is 0.542. The van der Waals surface area contributed by atoms with Gasteiger partial charge >= 0.3 is 11.1 Å². The normalized spacial score (nSPS) is 10.7. The number of rotatable bonds is 0. The van der Waals surface area contributed by atoms with E-state index in [0.717, 1.165) is 4.47 Å². The molecule has 2 aromatic rings. The highest BCUT2D eigenvalue weighted by Gasteiger charge is 2.03. The van der Waals surface area contributed by atoms with Crippen LogP contribution in [0.3, 0.4) is 0 Å². The van der Waals surface area contributed by atoms with Crippen molar-refractivity contribution >= 4 is 27.0 Å². The van der Waals surface area contributed by atoms with Gasteiger partial charge in [-0.25, -0.2) is 0 Å². The van der Waals surface area contributed by atoms with Crippen LogP contribution in [0.4, 0.5) is 0 Å². The zero-order chi connectivity index (χ0) is 10.3. The predicted molar refractivity (Wildman–Crippen MR) is 57.5 cm³/mol. The summed E-state index contributed by atoms with van der Waals surface area (Å²) in [5, 5.41) is 0. The Hall–Kier alpha value is -1.36. The molecule has 14 heavy (non-hydrogen) atoms. The number of aromatic nitrogens is 2. The zero-order valence-electron chi connectivity index (χ0n) is 7.37. The highest BCUT2D eigenvalue weighted by molar-refractivity contribution is 9.10. The Bertz CT molecular complexity index is 612. The average molecular weight is 255 g/mol. The van der Waals surface area contributed by atoms with Crippen molar-refractivity contribution in [3.63, 3.8) is 0 Å². The number of aryl methyl sites for hydroxylation is 1. The van der Waals surface area contributed by atoms with Crippen molar-refractivity contribution in [2.75, 3.05) is 0 Å². The molecule has 1 heterocycles. The van der Waals surface area contributed by atoms with E-state index in [1.165, 1.54) is 4.57 Å². The van der Waals surface area contributed by atoms with Crippen LogP contribution in [0.15, 0.2) is 32.3 Å². The van der Waals surface area contributed by atoms with Crippen molar-refractivity contribution in [1.29, 1.82) is 0 Å². The number of hydrogen-bond acceptors (Lipinski definition) is 2. The fourth-order valence-corrected chi connectivity index (χ4v) is 1.70. The van der Waals surface area contributed by atoms with Crippen LogP contribution in [0.5, 0.6) is 0 Å². The summed E-state index contributed by atoms with van der Waals surface area (Å²) < 4.78 is 2.19. The van der Waals surface area contributed by atoms with E-state index < -0.39 is 11.1 Å². The Morgan fingerprint density at radius 2 is 2.07 bits per heavy atom. The first kappa shape index (κ1) is 9.21. The fraction of sp³-hybridized carbons (Fsp3) is 0.111. The molecule has 5 heteroatoms. The summed E-state index contributed by atoms with van der Waals surface area (Å²) in [5.41, 5.74) is 0.210. The minimum atomic E-state index is -0.599. The van der Waals surface area contributed by atoms with Crippen molar-refractivity contribution in [1.82, 2.24) is 9.55 Å². The number of halogens is 1. The van der Waals surface area contributed by atoms with Crippen molar-refractivity contribution in [3.8, 4) is 0 Å². The van der Waals surface area contributed by atoms with E-state index in [2.05, 4.69) is 20.9 Å². The van der Waals surface area contributed by atoms with Gasteiger partial charge in [-0.3, -0.25) is 9.59 Å². The van der Waals surface area contributed by atoms with Gasteiger partial charge in [-0.2, -0.15) is 0 Å². The molecule has 0 saturated heterocycles. The summed E-state index contributed by atoms with van der Waals surface area (Å²) in [5.74, 6) is 0. The third kappa shape index (κ3) is 1.29. The monoisotopic (exact) mass is 254 g/mol. The van der Waals surface area contributed by atoms with E-state index in [4.69, 9.17) is 0 Å². The maximum atomic E-state index is 11.3. The fourth-order valence-electron chi connectivity index (χ4n) is 1.34. The predicted octanol–water partition coefficient (Wildman–Crippen LogP) is 0.989. The summed E-state index contributed by atoms with van der Waals surface area (Å²) in [7, 11) is 1.58. The van der Waals surface area contributed by atoms with Gasteiger partial charge in [-0.1, -0.05) is 15.9 Å². The number of nitrogens with one attached hydrogen (secondary N) is 1. The molecule has 0 aliphatic rings. The molecular weight excluding hydrogens is 248 g/mol. The summed E-state index contributed by atoms with van der Waals surface area (Å²) in [6.45, 7) is 0. The van der Waals surface area contributed by atoms with Crippen LogP contribution >= 0.6 is 15.9 Å². The van der Waals surface area contributed by atoms with E-state index >= 15 is 0 Å². The van der Waals surface area contributed by atoms with Crippen LogP contribution in [0.2, 0.25) is 0 Å². The van der Waals surface area contributed by atoms with Gasteiger partial charge in [0, 0.05) is 11.5 Å². The third-order valence-corrected chi connectivity index (χ3v) is 2.56. The molecule has 0 spiro atoms. The molecule has 4 nitrogen and oxygen atoms in total. The second-order valence-electron chi connectivity index (χ2n) is 2.98. The molecular formula is C9H7BrN2O2. The first-order valence-electron chi connectivity index (χ1n) is 3.98. The lowest BCUT2D eigenvalue weighted by molar-refractivity contribution is 0.874. The largest absolute Gasteiger partial charge is 0.316 e. The van der Waals surface area contributed by atoms with Crippen LogP contribution < -0.4 is 11.1 Å². The van der Waals surface area contributed by atoms with Crippen LogP contribution in [0.1, 0.15) is 0 Å². The van der Waals surface area contributed by atoms with Crippen LogP contribution in [0, 0.1) is 0 Å².